The van der Waals surface area contributed by atoms with E-state index in [1.165, 1.54) is 0 Å². The van der Waals surface area contributed by atoms with Crippen LogP contribution in [-0.2, 0) is 16.6 Å². The smallest absolute Gasteiger partial charge is 0.207 e. The first kappa shape index (κ1) is 15.2. The number of aryl methyl sites for hydroxylation is 1. The molecule has 7 nitrogen and oxygen atoms in total. The van der Waals surface area contributed by atoms with E-state index in [0.717, 1.165) is 0 Å². The first-order chi connectivity index (χ1) is 9.33. The van der Waals surface area contributed by atoms with Crippen LogP contribution in [-0.4, -0.2) is 29.0 Å². The van der Waals surface area contributed by atoms with Gasteiger partial charge in [0.2, 0.25) is 10.0 Å². The SMILES string of the molecule is Cc1cc(Cl)c(C)c(S(=O)(=O)NCc2nn[nH]n2)c1Cl. The fourth-order valence-corrected chi connectivity index (χ4v) is 3.81. The number of hydrogen-bond acceptors (Lipinski definition) is 5. The van der Waals surface area contributed by atoms with Crippen molar-refractivity contribution in [3.63, 3.8) is 0 Å². The molecule has 10 heteroatoms. The Morgan fingerprint density at radius 2 is 2.05 bits per heavy atom. The van der Waals surface area contributed by atoms with E-state index < -0.39 is 10.0 Å². The van der Waals surface area contributed by atoms with E-state index in [9.17, 15) is 8.42 Å². The summed E-state index contributed by atoms with van der Waals surface area (Å²) in [5, 5.41) is 13.4. The number of rotatable bonds is 4. The van der Waals surface area contributed by atoms with Gasteiger partial charge >= 0.3 is 0 Å². The van der Waals surface area contributed by atoms with E-state index in [1.54, 1.807) is 19.9 Å². The second-order valence-corrected chi connectivity index (χ2v) is 6.58. The molecule has 20 heavy (non-hydrogen) atoms. The molecule has 2 rings (SSSR count). The second kappa shape index (κ2) is 5.65. The number of nitrogens with zero attached hydrogens (tertiary/aromatic N) is 3. The lowest BCUT2D eigenvalue weighted by Crippen LogP contribution is -2.25. The fourth-order valence-electron chi connectivity index (χ4n) is 1.62. The number of aromatic amines is 1. The fraction of sp³-hybridized carbons (Fsp3) is 0.300. The Morgan fingerprint density at radius 3 is 2.65 bits per heavy atom. The second-order valence-electron chi connectivity index (χ2n) is 4.10. The standard InChI is InChI=1S/C10H11Cl2N5O2S/c1-5-3-7(11)6(2)10(9(5)12)20(18,19)13-4-8-14-16-17-15-8/h3,13H,4H2,1-2H3,(H,14,15,16,17). The highest BCUT2D eigenvalue weighted by Crippen LogP contribution is 2.33. The molecule has 0 aliphatic heterocycles. The Hall–Kier alpha value is -1.22. The third-order valence-corrected chi connectivity index (χ3v) is 5.23. The molecule has 2 N–H and O–H groups in total. The molecule has 0 spiro atoms. The van der Waals surface area contributed by atoms with Crippen molar-refractivity contribution >= 4 is 33.2 Å². The van der Waals surface area contributed by atoms with E-state index in [2.05, 4.69) is 25.3 Å². The van der Waals surface area contributed by atoms with Gasteiger partial charge in [-0.1, -0.05) is 28.4 Å². The maximum absolute atomic E-state index is 12.3. The zero-order valence-electron chi connectivity index (χ0n) is 10.6. The van der Waals surface area contributed by atoms with E-state index in [-0.39, 0.29) is 22.3 Å². The number of H-pyrrole nitrogens is 1. The Balaban J connectivity index is 2.39. The number of aromatic nitrogens is 4. The average molecular weight is 336 g/mol. The minimum atomic E-state index is -3.83. The van der Waals surface area contributed by atoms with Crippen LogP contribution < -0.4 is 4.72 Å². The van der Waals surface area contributed by atoms with Gasteiger partial charge < -0.3 is 0 Å². The molecule has 0 saturated heterocycles. The zero-order chi connectivity index (χ0) is 14.9. The monoisotopic (exact) mass is 335 g/mol. The van der Waals surface area contributed by atoms with Gasteiger partial charge in [0, 0.05) is 5.02 Å². The third kappa shape index (κ3) is 2.93. The van der Waals surface area contributed by atoms with Crippen LogP contribution in [0.25, 0.3) is 0 Å². The van der Waals surface area contributed by atoms with Crippen molar-refractivity contribution in [3.8, 4) is 0 Å². The number of nitrogens with one attached hydrogen (secondary N) is 2. The van der Waals surface area contributed by atoms with Gasteiger partial charge in [-0.25, -0.2) is 13.1 Å². The van der Waals surface area contributed by atoms with E-state index >= 15 is 0 Å². The van der Waals surface area contributed by atoms with Gasteiger partial charge in [0.25, 0.3) is 0 Å². The maximum atomic E-state index is 12.3. The largest absolute Gasteiger partial charge is 0.242 e. The highest BCUT2D eigenvalue weighted by molar-refractivity contribution is 7.89. The summed E-state index contributed by atoms with van der Waals surface area (Å²) in [7, 11) is -3.83. The third-order valence-electron chi connectivity index (χ3n) is 2.67. The van der Waals surface area contributed by atoms with Gasteiger partial charge in [0.15, 0.2) is 5.82 Å². The lowest BCUT2D eigenvalue weighted by Gasteiger charge is -2.13. The predicted octanol–water partition coefficient (Wildman–Crippen LogP) is 1.60. The number of halogens is 2. The van der Waals surface area contributed by atoms with Crippen LogP contribution in [0.4, 0.5) is 0 Å². The van der Waals surface area contributed by atoms with E-state index in [1.807, 2.05) is 0 Å². The lowest BCUT2D eigenvalue weighted by atomic mass is 10.2. The molecule has 0 fully saturated rings. The summed E-state index contributed by atoms with van der Waals surface area (Å²) in [5.41, 5.74) is 0.977. The Labute approximate surface area is 125 Å². The van der Waals surface area contributed by atoms with Crippen molar-refractivity contribution in [1.82, 2.24) is 25.3 Å². The van der Waals surface area contributed by atoms with Crippen LogP contribution in [0, 0.1) is 13.8 Å². The molecule has 0 aliphatic rings. The van der Waals surface area contributed by atoms with Crippen molar-refractivity contribution < 1.29 is 8.42 Å². The van der Waals surface area contributed by atoms with Crippen molar-refractivity contribution in [2.24, 2.45) is 0 Å². The van der Waals surface area contributed by atoms with Crippen LogP contribution in [0.2, 0.25) is 10.0 Å². The molecule has 0 atom stereocenters. The van der Waals surface area contributed by atoms with Crippen molar-refractivity contribution in [3.05, 3.63) is 33.1 Å². The Bertz CT molecular complexity index is 704. The minimum absolute atomic E-state index is 0.0346. The summed E-state index contributed by atoms with van der Waals surface area (Å²) in [4.78, 5) is -0.0346. The van der Waals surface area contributed by atoms with Crippen LogP contribution >= 0.6 is 23.2 Å². The molecule has 0 amide bonds. The normalized spacial score (nSPS) is 11.8. The van der Waals surface area contributed by atoms with Crippen LogP contribution in [0.3, 0.4) is 0 Å². The summed E-state index contributed by atoms with van der Waals surface area (Å²) >= 11 is 12.1. The number of tetrazole rings is 1. The highest BCUT2D eigenvalue weighted by atomic mass is 35.5. The average Bonchev–Trinajstić information content (AvgIpc) is 2.87. The molecule has 1 heterocycles. The molecular weight excluding hydrogens is 325 g/mol. The molecular formula is C10H11Cl2N5O2S. The molecule has 0 radical (unpaired) electrons. The quantitative estimate of drug-likeness (QED) is 0.883. The van der Waals surface area contributed by atoms with Gasteiger partial charge in [-0.15, -0.1) is 10.2 Å². The van der Waals surface area contributed by atoms with Gasteiger partial charge in [-0.3, -0.25) is 0 Å². The molecule has 0 unspecified atom stereocenters. The van der Waals surface area contributed by atoms with E-state index in [0.29, 0.717) is 16.1 Å². The maximum Gasteiger partial charge on any atom is 0.242 e. The molecule has 1 aromatic carbocycles. The summed E-state index contributed by atoms with van der Waals surface area (Å²) in [6, 6.07) is 1.62. The lowest BCUT2D eigenvalue weighted by molar-refractivity contribution is 0.578. The van der Waals surface area contributed by atoms with Gasteiger partial charge in [-0.2, -0.15) is 5.21 Å². The first-order valence-electron chi connectivity index (χ1n) is 5.50. The highest BCUT2D eigenvalue weighted by Gasteiger charge is 2.24. The Kier molecular flexibility index (Phi) is 4.28. The molecule has 2 aromatic rings. The summed E-state index contributed by atoms with van der Waals surface area (Å²) < 4.78 is 27.0. The van der Waals surface area contributed by atoms with Crippen molar-refractivity contribution in [1.29, 1.82) is 0 Å². The van der Waals surface area contributed by atoms with Crippen molar-refractivity contribution in [2.75, 3.05) is 0 Å². The van der Waals surface area contributed by atoms with Gasteiger partial charge in [0.1, 0.15) is 4.90 Å². The number of hydrogen-bond donors (Lipinski definition) is 2. The zero-order valence-corrected chi connectivity index (χ0v) is 12.9. The minimum Gasteiger partial charge on any atom is -0.207 e. The van der Waals surface area contributed by atoms with Crippen LogP contribution in [0.1, 0.15) is 17.0 Å². The van der Waals surface area contributed by atoms with Crippen LogP contribution in [0.5, 0.6) is 0 Å². The summed E-state index contributed by atoms with van der Waals surface area (Å²) in [6.45, 7) is 3.18. The molecule has 0 saturated carbocycles. The number of sulfonamides is 1. The van der Waals surface area contributed by atoms with Gasteiger partial charge in [0.05, 0.1) is 11.6 Å². The summed E-state index contributed by atoms with van der Waals surface area (Å²) in [5.74, 6) is 0.223. The summed E-state index contributed by atoms with van der Waals surface area (Å²) in [6.07, 6.45) is 0. The predicted molar refractivity (Wildman–Crippen MR) is 74.1 cm³/mol. The molecule has 108 valence electrons. The van der Waals surface area contributed by atoms with Crippen molar-refractivity contribution in [2.45, 2.75) is 25.3 Å². The molecule has 1 aromatic heterocycles. The van der Waals surface area contributed by atoms with E-state index in [4.69, 9.17) is 23.2 Å². The topological polar surface area (TPSA) is 101 Å². The molecule has 0 bridgehead atoms. The van der Waals surface area contributed by atoms with Gasteiger partial charge in [-0.05, 0) is 31.0 Å². The molecule has 0 aliphatic carbocycles. The first-order valence-corrected chi connectivity index (χ1v) is 7.74. The Morgan fingerprint density at radius 1 is 1.35 bits per heavy atom. The van der Waals surface area contributed by atoms with Crippen LogP contribution in [0.15, 0.2) is 11.0 Å². The number of benzene rings is 1.